The van der Waals surface area contributed by atoms with E-state index in [1.807, 2.05) is 12.1 Å². The Balaban J connectivity index is 1.77. The van der Waals surface area contributed by atoms with Gasteiger partial charge in [-0.3, -0.25) is 4.79 Å². The van der Waals surface area contributed by atoms with Gasteiger partial charge in [0.1, 0.15) is 0 Å². The van der Waals surface area contributed by atoms with Crippen LogP contribution in [0.25, 0.3) is 0 Å². The lowest BCUT2D eigenvalue weighted by atomic mass is 10.0. The third-order valence-electron chi connectivity index (χ3n) is 3.72. The van der Waals surface area contributed by atoms with Crippen molar-refractivity contribution >= 4 is 5.91 Å². The fourth-order valence-corrected chi connectivity index (χ4v) is 2.71. The summed E-state index contributed by atoms with van der Waals surface area (Å²) in [6.45, 7) is 2.17. The summed E-state index contributed by atoms with van der Waals surface area (Å²) in [5.74, 6) is 0.643. The minimum Gasteiger partial charge on any atom is -0.479 e. The lowest BCUT2D eigenvalue weighted by Crippen LogP contribution is -2.26. The average Bonchev–Trinajstić information content (AvgIpc) is 3.05. The van der Waals surface area contributed by atoms with Gasteiger partial charge in [-0.15, -0.1) is 0 Å². The first-order valence-corrected chi connectivity index (χ1v) is 6.59. The van der Waals surface area contributed by atoms with E-state index in [1.165, 1.54) is 24.3 Å². The van der Waals surface area contributed by atoms with E-state index in [2.05, 4.69) is 29.5 Å². The van der Waals surface area contributed by atoms with Crippen molar-refractivity contribution < 1.29 is 14.1 Å². The van der Waals surface area contributed by atoms with Crippen LogP contribution in [0.3, 0.4) is 0 Å². The standard InChI is InChI=1S/C15H16N2O3/c1-9-7-12(11-6-4-3-5-10(9)11)16-15(18)13-8-14(19-2)17-20-13/h3-6,8-9,12H,7H2,1-2H3,(H,16,18). The summed E-state index contributed by atoms with van der Waals surface area (Å²) in [7, 11) is 1.48. The van der Waals surface area contributed by atoms with Crippen molar-refractivity contribution in [2.24, 2.45) is 0 Å². The molecule has 1 amide bonds. The van der Waals surface area contributed by atoms with Gasteiger partial charge >= 0.3 is 0 Å². The molecule has 20 heavy (non-hydrogen) atoms. The highest BCUT2D eigenvalue weighted by molar-refractivity contribution is 5.92. The Morgan fingerprint density at radius 3 is 2.85 bits per heavy atom. The summed E-state index contributed by atoms with van der Waals surface area (Å²) in [5, 5.41) is 6.62. The molecule has 1 aromatic carbocycles. The topological polar surface area (TPSA) is 64.4 Å². The number of nitrogens with one attached hydrogen (secondary N) is 1. The largest absolute Gasteiger partial charge is 0.479 e. The number of methoxy groups -OCH3 is 1. The molecule has 0 saturated heterocycles. The van der Waals surface area contributed by atoms with Crippen molar-refractivity contribution in [1.29, 1.82) is 0 Å². The maximum atomic E-state index is 12.1. The molecule has 2 unspecified atom stereocenters. The summed E-state index contributed by atoms with van der Waals surface area (Å²) in [6.07, 6.45) is 0.899. The Labute approximate surface area is 116 Å². The number of rotatable bonds is 3. The number of hydrogen-bond donors (Lipinski definition) is 1. The number of carbonyl (C=O) groups excluding carboxylic acids is 1. The van der Waals surface area contributed by atoms with Crippen LogP contribution in [0.2, 0.25) is 0 Å². The van der Waals surface area contributed by atoms with Crippen LogP contribution in [0, 0.1) is 0 Å². The van der Waals surface area contributed by atoms with Crippen molar-refractivity contribution in [3.8, 4) is 5.88 Å². The van der Waals surface area contributed by atoms with E-state index in [0.29, 0.717) is 11.8 Å². The number of aromatic nitrogens is 1. The van der Waals surface area contributed by atoms with Crippen LogP contribution < -0.4 is 10.1 Å². The van der Waals surface area contributed by atoms with Crippen molar-refractivity contribution in [3.63, 3.8) is 0 Å². The SMILES string of the molecule is COc1cc(C(=O)NC2CC(C)c3ccccc32)on1. The molecular weight excluding hydrogens is 256 g/mol. The first-order valence-electron chi connectivity index (χ1n) is 6.59. The molecule has 0 bridgehead atoms. The molecule has 1 aliphatic rings. The summed E-state index contributed by atoms with van der Waals surface area (Å²) in [5.41, 5.74) is 2.48. The predicted octanol–water partition coefficient (Wildman–Crippen LogP) is 2.66. The van der Waals surface area contributed by atoms with Gasteiger partial charge in [-0.2, -0.15) is 0 Å². The van der Waals surface area contributed by atoms with E-state index in [1.54, 1.807) is 0 Å². The normalized spacial score (nSPS) is 20.5. The van der Waals surface area contributed by atoms with E-state index in [4.69, 9.17) is 9.26 Å². The fourth-order valence-electron chi connectivity index (χ4n) is 2.71. The molecule has 0 radical (unpaired) electrons. The van der Waals surface area contributed by atoms with Gasteiger partial charge in [0.15, 0.2) is 0 Å². The van der Waals surface area contributed by atoms with Gasteiger partial charge in [0.05, 0.1) is 19.2 Å². The van der Waals surface area contributed by atoms with E-state index in [-0.39, 0.29) is 17.7 Å². The molecule has 0 fully saturated rings. The summed E-state index contributed by atoms with van der Waals surface area (Å²) in [6, 6.07) is 9.70. The second-order valence-corrected chi connectivity index (χ2v) is 5.03. The van der Waals surface area contributed by atoms with Gasteiger partial charge in [0.2, 0.25) is 5.76 Å². The molecule has 2 atom stereocenters. The van der Waals surface area contributed by atoms with Gasteiger partial charge < -0.3 is 14.6 Å². The first-order chi connectivity index (χ1) is 9.69. The highest BCUT2D eigenvalue weighted by Gasteiger charge is 2.29. The number of benzene rings is 1. The lowest BCUT2D eigenvalue weighted by molar-refractivity contribution is 0.0898. The summed E-state index contributed by atoms with van der Waals surface area (Å²) in [4.78, 5) is 12.1. The monoisotopic (exact) mass is 272 g/mol. The van der Waals surface area contributed by atoms with Gasteiger partial charge in [-0.25, -0.2) is 0 Å². The molecule has 1 aromatic heterocycles. The minimum absolute atomic E-state index is 0.0183. The number of fused-ring (bicyclic) bond motifs is 1. The zero-order valence-corrected chi connectivity index (χ0v) is 11.4. The maximum absolute atomic E-state index is 12.1. The smallest absolute Gasteiger partial charge is 0.290 e. The van der Waals surface area contributed by atoms with Crippen LogP contribution in [-0.4, -0.2) is 18.2 Å². The predicted molar refractivity (Wildman–Crippen MR) is 72.7 cm³/mol. The Morgan fingerprint density at radius 2 is 2.15 bits per heavy atom. The van der Waals surface area contributed by atoms with Crippen molar-refractivity contribution in [2.75, 3.05) is 7.11 Å². The molecular formula is C15H16N2O3. The third-order valence-corrected chi connectivity index (χ3v) is 3.72. The second-order valence-electron chi connectivity index (χ2n) is 5.03. The van der Waals surface area contributed by atoms with E-state index in [9.17, 15) is 4.79 Å². The Morgan fingerprint density at radius 1 is 1.40 bits per heavy atom. The number of amides is 1. The molecule has 104 valence electrons. The number of hydrogen-bond acceptors (Lipinski definition) is 4. The first kappa shape index (κ1) is 12.7. The summed E-state index contributed by atoms with van der Waals surface area (Å²) < 4.78 is 9.86. The van der Waals surface area contributed by atoms with Gasteiger partial charge in [-0.1, -0.05) is 31.2 Å². The highest BCUT2D eigenvalue weighted by atomic mass is 16.5. The van der Waals surface area contributed by atoms with Crippen LogP contribution in [0.4, 0.5) is 0 Å². The van der Waals surface area contributed by atoms with Crippen molar-refractivity contribution in [1.82, 2.24) is 10.5 Å². The van der Waals surface area contributed by atoms with Crippen molar-refractivity contribution in [3.05, 3.63) is 47.2 Å². The summed E-state index contributed by atoms with van der Waals surface area (Å²) >= 11 is 0. The molecule has 0 aliphatic heterocycles. The molecule has 1 N–H and O–H groups in total. The van der Waals surface area contributed by atoms with E-state index < -0.39 is 0 Å². The fraction of sp³-hybridized carbons (Fsp3) is 0.333. The second kappa shape index (κ2) is 5.00. The van der Waals surface area contributed by atoms with Crippen molar-refractivity contribution in [2.45, 2.75) is 25.3 Å². The third kappa shape index (κ3) is 2.15. The molecule has 0 saturated carbocycles. The van der Waals surface area contributed by atoms with Crippen LogP contribution in [-0.2, 0) is 0 Å². The number of nitrogens with zero attached hydrogens (tertiary/aromatic N) is 1. The van der Waals surface area contributed by atoms with Crippen LogP contribution in [0.5, 0.6) is 5.88 Å². The molecule has 5 heteroatoms. The molecule has 2 aromatic rings. The highest BCUT2D eigenvalue weighted by Crippen LogP contribution is 2.39. The zero-order valence-electron chi connectivity index (χ0n) is 11.4. The van der Waals surface area contributed by atoms with E-state index >= 15 is 0 Å². The lowest BCUT2D eigenvalue weighted by Gasteiger charge is -2.12. The molecule has 5 nitrogen and oxygen atoms in total. The zero-order chi connectivity index (χ0) is 14.1. The maximum Gasteiger partial charge on any atom is 0.290 e. The number of ether oxygens (including phenoxy) is 1. The van der Waals surface area contributed by atoms with Crippen LogP contribution in [0.15, 0.2) is 34.9 Å². The molecule has 3 rings (SSSR count). The number of carbonyl (C=O) groups is 1. The quantitative estimate of drug-likeness (QED) is 0.933. The molecule has 1 heterocycles. The van der Waals surface area contributed by atoms with Gasteiger partial charge in [0, 0.05) is 0 Å². The Kier molecular flexibility index (Phi) is 3.18. The molecule has 1 aliphatic carbocycles. The Bertz CT molecular complexity index is 636. The average molecular weight is 272 g/mol. The van der Waals surface area contributed by atoms with E-state index in [0.717, 1.165) is 6.42 Å². The van der Waals surface area contributed by atoms with Crippen LogP contribution in [0.1, 0.15) is 47.0 Å². The van der Waals surface area contributed by atoms with Crippen LogP contribution >= 0.6 is 0 Å². The minimum atomic E-state index is -0.269. The molecule has 0 spiro atoms. The van der Waals surface area contributed by atoms with Gasteiger partial charge in [-0.05, 0) is 28.6 Å². The van der Waals surface area contributed by atoms with Gasteiger partial charge in [0.25, 0.3) is 11.8 Å². The Hall–Kier alpha value is -2.30.